The van der Waals surface area contributed by atoms with Crippen LogP contribution in [0.15, 0.2) is 24.3 Å². The number of hydrogen-bond donors (Lipinski definition) is 1. The molecule has 18 heavy (non-hydrogen) atoms. The molecule has 0 bridgehead atoms. The van der Waals surface area contributed by atoms with Crippen molar-refractivity contribution in [1.82, 2.24) is 4.90 Å². The lowest BCUT2D eigenvalue weighted by atomic mass is 10.2. The highest BCUT2D eigenvalue weighted by molar-refractivity contribution is 5.75. The molecule has 0 radical (unpaired) electrons. The number of methoxy groups -OCH3 is 1. The number of nitrogens with zero attached hydrogens (tertiary/aromatic N) is 1. The highest BCUT2D eigenvalue weighted by Gasteiger charge is 2.21. The number of ether oxygens (including phenoxy) is 2. The molecule has 0 fully saturated rings. The van der Waals surface area contributed by atoms with Crippen LogP contribution in [0.2, 0.25) is 0 Å². The first kappa shape index (κ1) is 12.9. The number of esters is 1. The van der Waals surface area contributed by atoms with E-state index in [0.29, 0.717) is 13.2 Å². The summed E-state index contributed by atoms with van der Waals surface area (Å²) in [6, 6.07) is 7.30. The maximum atomic E-state index is 11.3. The molecule has 1 atom stereocenters. The van der Waals surface area contributed by atoms with E-state index in [4.69, 9.17) is 10.5 Å². The monoisotopic (exact) mass is 250 g/mol. The largest absolute Gasteiger partial charge is 0.492 e. The van der Waals surface area contributed by atoms with Crippen LogP contribution < -0.4 is 10.5 Å². The van der Waals surface area contributed by atoms with Gasteiger partial charge >= 0.3 is 5.97 Å². The smallest absolute Gasteiger partial charge is 0.323 e. The van der Waals surface area contributed by atoms with Gasteiger partial charge in [0.1, 0.15) is 18.4 Å². The summed E-state index contributed by atoms with van der Waals surface area (Å²) in [7, 11) is 1.35. The molecule has 0 saturated carbocycles. The SMILES string of the molecule is COC(=O)C(N)CN1CCOc2ccccc2C1. The van der Waals surface area contributed by atoms with Crippen molar-refractivity contribution in [3.05, 3.63) is 29.8 Å². The van der Waals surface area contributed by atoms with Crippen LogP contribution in [0, 0.1) is 0 Å². The molecule has 1 heterocycles. The molecule has 5 nitrogen and oxygen atoms in total. The van der Waals surface area contributed by atoms with Gasteiger partial charge < -0.3 is 15.2 Å². The molecule has 0 aliphatic carbocycles. The van der Waals surface area contributed by atoms with Gasteiger partial charge in [-0.2, -0.15) is 0 Å². The van der Waals surface area contributed by atoms with E-state index in [9.17, 15) is 4.79 Å². The standard InChI is InChI=1S/C13H18N2O3/c1-17-13(16)11(14)9-15-6-7-18-12-5-3-2-4-10(12)8-15/h2-5,11H,6-9,14H2,1H3. The molecule has 0 aromatic heterocycles. The van der Waals surface area contributed by atoms with Crippen LogP contribution in [0.4, 0.5) is 0 Å². The van der Waals surface area contributed by atoms with Crippen LogP contribution in [0.3, 0.4) is 0 Å². The number of carbonyl (C=O) groups is 1. The fraction of sp³-hybridized carbons (Fsp3) is 0.462. The van der Waals surface area contributed by atoms with Gasteiger partial charge in [0, 0.05) is 25.2 Å². The second-order valence-corrected chi connectivity index (χ2v) is 4.32. The fourth-order valence-electron chi connectivity index (χ4n) is 2.04. The predicted molar refractivity (Wildman–Crippen MR) is 67.2 cm³/mol. The molecule has 1 unspecified atom stereocenters. The average Bonchev–Trinajstić information content (AvgIpc) is 2.59. The Hall–Kier alpha value is -1.59. The van der Waals surface area contributed by atoms with Gasteiger partial charge in [-0.1, -0.05) is 18.2 Å². The van der Waals surface area contributed by atoms with Crippen LogP contribution in [0.5, 0.6) is 5.75 Å². The Morgan fingerprint density at radius 1 is 1.56 bits per heavy atom. The second kappa shape index (κ2) is 5.84. The van der Waals surface area contributed by atoms with Gasteiger partial charge in [0.05, 0.1) is 7.11 Å². The number of para-hydroxylation sites is 1. The summed E-state index contributed by atoms with van der Waals surface area (Å²) in [4.78, 5) is 13.4. The molecule has 1 aromatic carbocycles. The Balaban J connectivity index is 2.02. The summed E-state index contributed by atoms with van der Waals surface area (Å²) in [6.45, 7) is 2.56. The van der Waals surface area contributed by atoms with Crippen molar-refractivity contribution in [2.75, 3.05) is 26.8 Å². The predicted octanol–water partition coefficient (Wildman–Crippen LogP) is 0.381. The van der Waals surface area contributed by atoms with Crippen LogP contribution in [-0.4, -0.2) is 43.7 Å². The summed E-state index contributed by atoms with van der Waals surface area (Å²) in [5.74, 6) is 0.528. The first-order valence-corrected chi connectivity index (χ1v) is 5.97. The molecule has 5 heteroatoms. The topological polar surface area (TPSA) is 64.8 Å². The maximum Gasteiger partial charge on any atom is 0.323 e. The van der Waals surface area contributed by atoms with Crippen molar-refractivity contribution in [1.29, 1.82) is 0 Å². The molecule has 98 valence electrons. The Morgan fingerprint density at radius 3 is 3.11 bits per heavy atom. The lowest BCUT2D eigenvalue weighted by Crippen LogP contribution is -2.43. The second-order valence-electron chi connectivity index (χ2n) is 4.32. The molecule has 0 amide bonds. The first-order chi connectivity index (χ1) is 8.70. The molecule has 0 saturated heterocycles. The molecular formula is C13H18N2O3. The lowest BCUT2D eigenvalue weighted by Gasteiger charge is -2.21. The summed E-state index contributed by atoms with van der Waals surface area (Å²) in [5, 5.41) is 0. The van der Waals surface area contributed by atoms with Crippen LogP contribution in [0.25, 0.3) is 0 Å². The summed E-state index contributed by atoms with van der Waals surface area (Å²) in [5.41, 5.74) is 6.89. The van der Waals surface area contributed by atoms with Crippen molar-refractivity contribution < 1.29 is 14.3 Å². The van der Waals surface area contributed by atoms with Gasteiger partial charge in [-0.15, -0.1) is 0 Å². The molecule has 0 spiro atoms. The fourth-order valence-corrected chi connectivity index (χ4v) is 2.04. The van der Waals surface area contributed by atoms with Gasteiger partial charge in [-0.3, -0.25) is 9.69 Å². The summed E-state index contributed by atoms with van der Waals surface area (Å²) >= 11 is 0. The highest BCUT2D eigenvalue weighted by atomic mass is 16.5. The zero-order chi connectivity index (χ0) is 13.0. The summed E-state index contributed by atoms with van der Waals surface area (Å²) in [6.07, 6.45) is 0. The van der Waals surface area contributed by atoms with Crippen molar-refractivity contribution in [2.24, 2.45) is 5.73 Å². The quantitative estimate of drug-likeness (QED) is 0.786. The maximum absolute atomic E-state index is 11.3. The van der Waals surface area contributed by atoms with Gasteiger partial charge in [0.15, 0.2) is 0 Å². The zero-order valence-corrected chi connectivity index (χ0v) is 10.5. The van der Waals surface area contributed by atoms with E-state index in [1.165, 1.54) is 7.11 Å². The van der Waals surface area contributed by atoms with E-state index >= 15 is 0 Å². The van der Waals surface area contributed by atoms with Crippen molar-refractivity contribution in [3.8, 4) is 5.75 Å². The normalized spacial score (nSPS) is 17.2. The molecule has 2 N–H and O–H groups in total. The number of fused-ring (bicyclic) bond motifs is 1. The summed E-state index contributed by atoms with van der Waals surface area (Å²) < 4.78 is 10.3. The third-order valence-electron chi connectivity index (χ3n) is 2.99. The molecular weight excluding hydrogens is 232 g/mol. The number of rotatable bonds is 3. The van der Waals surface area contributed by atoms with Crippen molar-refractivity contribution in [2.45, 2.75) is 12.6 Å². The van der Waals surface area contributed by atoms with Gasteiger partial charge in [-0.25, -0.2) is 0 Å². The van der Waals surface area contributed by atoms with Crippen molar-refractivity contribution >= 4 is 5.97 Å². The Kier molecular flexibility index (Phi) is 4.17. The molecule has 1 aliphatic heterocycles. The Bertz CT molecular complexity index is 422. The first-order valence-electron chi connectivity index (χ1n) is 5.97. The van der Waals surface area contributed by atoms with E-state index in [-0.39, 0.29) is 5.97 Å². The van der Waals surface area contributed by atoms with E-state index in [0.717, 1.165) is 24.4 Å². The molecule has 1 aromatic rings. The number of nitrogens with two attached hydrogens (primary N) is 1. The number of carbonyl (C=O) groups excluding carboxylic acids is 1. The number of benzene rings is 1. The average molecular weight is 250 g/mol. The van der Waals surface area contributed by atoms with Crippen LogP contribution in [-0.2, 0) is 16.1 Å². The van der Waals surface area contributed by atoms with Crippen LogP contribution >= 0.6 is 0 Å². The zero-order valence-electron chi connectivity index (χ0n) is 10.5. The third kappa shape index (κ3) is 3.00. The minimum atomic E-state index is -0.611. The minimum Gasteiger partial charge on any atom is -0.492 e. The Labute approximate surface area is 106 Å². The Morgan fingerprint density at radius 2 is 2.33 bits per heavy atom. The van der Waals surface area contributed by atoms with E-state index in [1.54, 1.807) is 0 Å². The van der Waals surface area contributed by atoms with E-state index in [2.05, 4.69) is 9.64 Å². The number of hydrogen-bond acceptors (Lipinski definition) is 5. The van der Waals surface area contributed by atoms with E-state index in [1.807, 2.05) is 24.3 Å². The minimum absolute atomic E-state index is 0.381. The molecule has 1 aliphatic rings. The lowest BCUT2D eigenvalue weighted by molar-refractivity contribution is -0.142. The van der Waals surface area contributed by atoms with Gasteiger partial charge in [0.2, 0.25) is 0 Å². The van der Waals surface area contributed by atoms with Gasteiger partial charge in [-0.05, 0) is 6.07 Å². The highest BCUT2D eigenvalue weighted by Crippen LogP contribution is 2.22. The van der Waals surface area contributed by atoms with Crippen LogP contribution in [0.1, 0.15) is 5.56 Å². The third-order valence-corrected chi connectivity index (χ3v) is 2.99. The van der Waals surface area contributed by atoms with E-state index < -0.39 is 6.04 Å². The van der Waals surface area contributed by atoms with Crippen molar-refractivity contribution in [3.63, 3.8) is 0 Å². The van der Waals surface area contributed by atoms with Gasteiger partial charge in [0.25, 0.3) is 0 Å². The molecule has 2 rings (SSSR count).